The van der Waals surface area contributed by atoms with Crippen molar-refractivity contribution in [2.75, 3.05) is 20.2 Å². The van der Waals surface area contributed by atoms with Gasteiger partial charge in [-0.3, -0.25) is 14.4 Å². The number of esters is 1. The molecule has 0 fully saturated rings. The molecule has 6 heteroatoms. The number of aromatic nitrogens is 1. The van der Waals surface area contributed by atoms with Crippen molar-refractivity contribution in [3.05, 3.63) is 33.7 Å². The largest absolute Gasteiger partial charge is 0.466 e. The van der Waals surface area contributed by atoms with E-state index in [9.17, 15) is 14.4 Å². The van der Waals surface area contributed by atoms with Crippen molar-refractivity contribution in [2.24, 2.45) is 0 Å². The number of aromatic amines is 1. The fourth-order valence-corrected chi connectivity index (χ4v) is 1.54. The van der Waals surface area contributed by atoms with Crippen LogP contribution in [0.5, 0.6) is 0 Å². The summed E-state index contributed by atoms with van der Waals surface area (Å²) in [5.41, 5.74) is 0.334. The van der Waals surface area contributed by atoms with E-state index in [-0.39, 0.29) is 24.5 Å². The van der Waals surface area contributed by atoms with Crippen LogP contribution in [0.2, 0.25) is 0 Å². The highest BCUT2D eigenvalue weighted by molar-refractivity contribution is 5.93. The number of amides is 1. The second kappa shape index (κ2) is 6.72. The standard InChI is InChI=1S/C13H18N2O4/c1-4-19-11(16)7-8-15(3)13(18)10-6-5-9(2)14-12(10)17/h5-6H,4,7-8H2,1-3H3,(H,14,17). The number of pyridine rings is 1. The van der Waals surface area contributed by atoms with Gasteiger partial charge in [-0.2, -0.15) is 0 Å². The molecule has 0 aliphatic rings. The summed E-state index contributed by atoms with van der Waals surface area (Å²) in [6, 6.07) is 3.14. The van der Waals surface area contributed by atoms with Gasteiger partial charge < -0.3 is 14.6 Å². The number of rotatable bonds is 5. The number of ether oxygens (including phenoxy) is 1. The van der Waals surface area contributed by atoms with Crippen molar-refractivity contribution in [1.82, 2.24) is 9.88 Å². The molecule has 1 amide bonds. The van der Waals surface area contributed by atoms with E-state index < -0.39 is 11.5 Å². The molecule has 1 rings (SSSR count). The fraction of sp³-hybridized carbons (Fsp3) is 0.462. The summed E-state index contributed by atoms with van der Waals surface area (Å²) in [7, 11) is 1.54. The molecular weight excluding hydrogens is 248 g/mol. The molecule has 6 nitrogen and oxygen atoms in total. The number of hydrogen-bond acceptors (Lipinski definition) is 4. The molecule has 1 heterocycles. The average Bonchev–Trinajstić information content (AvgIpc) is 2.35. The highest BCUT2D eigenvalue weighted by atomic mass is 16.5. The lowest BCUT2D eigenvalue weighted by Gasteiger charge is -2.16. The Kier molecular flexibility index (Phi) is 5.29. The third-order valence-corrected chi connectivity index (χ3v) is 2.59. The Morgan fingerprint density at radius 1 is 1.37 bits per heavy atom. The predicted octanol–water partition coefficient (Wildman–Crippen LogP) is 0.709. The van der Waals surface area contributed by atoms with Crippen LogP contribution in [-0.4, -0.2) is 42.0 Å². The van der Waals surface area contributed by atoms with Crippen LogP contribution in [0.3, 0.4) is 0 Å². The molecule has 1 aromatic heterocycles. The lowest BCUT2D eigenvalue weighted by Crippen LogP contribution is -2.33. The highest BCUT2D eigenvalue weighted by Gasteiger charge is 2.16. The second-order valence-electron chi connectivity index (χ2n) is 4.17. The number of carbonyl (C=O) groups excluding carboxylic acids is 2. The fourth-order valence-electron chi connectivity index (χ4n) is 1.54. The van der Waals surface area contributed by atoms with Gasteiger partial charge in [0.25, 0.3) is 11.5 Å². The third kappa shape index (κ3) is 4.24. The maximum atomic E-state index is 12.0. The lowest BCUT2D eigenvalue weighted by molar-refractivity contribution is -0.143. The Bertz CT molecular complexity index is 522. The summed E-state index contributed by atoms with van der Waals surface area (Å²) in [5.74, 6) is -0.773. The topological polar surface area (TPSA) is 79.5 Å². The first-order valence-corrected chi connectivity index (χ1v) is 6.06. The number of carbonyl (C=O) groups is 2. The van der Waals surface area contributed by atoms with E-state index in [4.69, 9.17) is 4.74 Å². The molecular formula is C13H18N2O4. The van der Waals surface area contributed by atoms with Crippen LogP contribution in [0, 0.1) is 6.92 Å². The SMILES string of the molecule is CCOC(=O)CCN(C)C(=O)c1ccc(C)[nH]c1=O. The Hall–Kier alpha value is -2.11. The Morgan fingerprint density at radius 2 is 2.05 bits per heavy atom. The maximum Gasteiger partial charge on any atom is 0.307 e. The molecule has 104 valence electrons. The van der Waals surface area contributed by atoms with Gasteiger partial charge in [0.05, 0.1) is 13.0 Å². The van der Waals surface area contributed by atoms with Gasteiger partial charge in [-0.15, -0.1) is 0 Å². The van der Waals surface area contributed by atoms with E-state index in [0.717, 1.165) is 0 Å². The maximum absolute atomic E-state index is 12.0. The number of H-pyrrole nitrogens is 1. The number of hydrogen-bond donors (Lipinski definition) is 1. The van der Waals surface area contributed by atoms with E-state index in [0.29, 0.717) is 12.3 Å². The smallest absolute Gasteiger partial charge is 0.307 e. The van der Waals surface area contributed by atoms with E-state index in [1.54, 1.807) is 27.0 Å². The van der Waals surface area contributed by atoms with E-state index >= 15 is 0 Å². The highest BCUT2D eigenvalue weighted by Crippen LogP contribution is 2.00. The molecule has 0 saturated heterocycles. The third-order valence-electron chi connectivity index (χ3n) is 2.59. The van der Waals surface area contributed by atoms with Crippen molar-refractivity contribution >= 4 is 11.9 Å². The molecule has 1 N–H and O–H groups in total. The summed E-state index contributed by atoms with van der Waals surface area (Å²) >= 11 is 0. The van der Waals surface area contributed by atoms with Crippen LogP contribution in [0.15, 0.2) is 16.9 Å². The van der Waals surface area contributed by atoms with Crippen molar-refractivity contribution in [3.8, 4) is 0 Å². The molecule has 1 aromatic rings. The van der Waals surface area contributed by atoms with E-state index in [1.165, 1.54) is 11.0 Å². The van der Waals surface area contributed by atoms with Crippen molar-refractivity contribution in [1.29, 1.82) is 0 Å². The molecule has 0 aliphatic carbocycles. The normalized spacial score (nSPS) is 10.1. The minimum Gasteiger partial charge on any atom is -0.466 e. The first-order chi connectivity index (χ1) is 8.95. The summed E-state index contributed by atoms with van der Waals surface area (Å²) in [6.45, 7) is 3.98. The summed E-state index contributed by atoms with van der Waals surface area (Å²) in [5, 5.41) is 0. The minimum atomic E-state index is -0.423. The van der Waals surface area contributed by atoms with Crippen LogP contribution < -0.4 is 5.56 Å². The molecule has 0 saturated carbocycles. The van der Waals surface area contributed by atoms with Gasteiger partial charge in [-0.1, -0.05) is 0 Å². The predicted molar refractivity (Wildman–Crippen MR) is 70.0 cm³/mol. The zero-order valence-electron chi connectivity index (χ0n) is 11.4. The molecule has 0 bridgehead atoms. The average molecular weight is 266 g/mol. The van der Waals surface area contributed by atoms with Crippen LogP contribution in [0.4, 0.5) is 0 Å². The van der Waals surface area contributed by atoms with Gasteiger partial charge in [-0.05, 0) is 26.0 Å². The lowest BCUT2D eigenvalue weighted by atomic mass is 10.2. The first-order valence-electron chi connectivity index (χ1n) is 6.06. The Morgan fingerprint density at radius 3 is 2.63 bits per heavy atom. The van der Waals surface area contributed by atoms with Gasteiger partial charge in [0.2, 0.25) is 0 Å². The molecule has 0 unspecified atom stereocenters. The van der Waals surface area contributed by atoms with Gasteiger partial charge >= 0.3 is 5.97 Å². The summed E-state index contributed by atoms with van der Waals surface area (Å²) in [4.78, 5) is 38.7. The second-order valence-corrected chi connectivity index (χ2v) is 4.17. The molecule has 0 aromatic carbocycles. The number of nitrogens with zero attached hydrogens (tertiary/aromatic N) is 1. The van der Waals surface area contributed by atoms with Crippen molar-refractivity contribution in [2.45, 2.75) is 20.3 Å². The Labute approximate surface area is 111 Å². The van der Waals surface area contributed by atoms with Crippen LogP contribution in [0.25, 0.3) is 0 Å². The van der Waals surface area contributed by atoms with Crippen LogP contribution in [0.1, 0.15) is 29.4 Å². The van der Waals surface area contributed by atoms with Gasteiger partial charge in [0.15, 0.2) is 0 Å². The minimum absolute atomic E-state index is 0.0666. The summed E-state index contributed by atoms with van der Waals surface area (Å²) < 4.78 is 4.77. The molecule has 19 heavy (non-hydrogen) atoms. The van der Waals surface area contributed by atoms with Crippen molar-refractivity contribution < 1.29 is 14.3 Å². The van der Waals surface area contributed by atoms with Gasteiger partial charge in [0, 0.05) is 19.3 Å². The number of nitrogens with one attached hydrogen (secondary N) is 1. The van der Waals surface area contributed by atoms with Gasteiger partial charge in [-0.25, -0.2) is 0 Å². The van der Waals surface area contributed by atoms with Crippen LogP contribution in [-0.2, 0) is 9.53 Å². The Balaban J connectivity index is 2.67. The molecule has 0 aliphatic heterocycles. The number of aryl methyl sites for hydroxylation is 1. The van der Waals surface area contributed by atoms with E-state index in [1.807, 2.05) is 0 Å². The zero-order valence-corrected chi connectivity index (χ0v) is 11.4. The van der Waals surface area contributed by atoms with E-state index in [2.05, 4.69) is 4.98 Å². The zero-order chi connectivity index (χ0) is 14.4. The quantitative estimate of drug-likeness (QED) is 0.796. The monoisotopic (exact) mass is 266 g/mol. The van der Waals surface area contributed by atoms with Crippen LogP contribution >= 0.6 is 0 Å². The van der Waals surface area contributed by atoms with Gasteiger partial charge in [0.1, 0.15) is 5.56 Å². The molecule has 0 radical (unpaired) electrons. The summed E-state index contributed by atoms with van der Waals surface area (Å²) in [6.07, 6.45) is 0.111. The molecule has 0 spiro atoms. The molecule has 0 atom stereocenters. The first kappa shape index (κ1) is 14.9. The van der Waals surface area contributed by atoms with Crippen molar-refractivity contribution in [3.63, 3.8) is 0 Å².